The molecular formula is C20H20ClN3O2. The van der Waals surface area contributed by atoms with E-state index in [9.17, 15) is 4.79 Å². The Kier molecular flexibility index (Phi) is 5.38. The average molecular weight is 370 g/mol. The van der Waals surface area contributed by atoms with Crippen LogP contribution in [0.2, 0.25) is 5.02 Å². The van der Waals surface area contributed by atoms with Crippen LogP contribution in [0.1, 0.15) is 34.2 Å². The van der Waals surface area contributed by atoms with Gasteiger partial charge in [-0.3, -0.25) is 0 Å². The number of rotatable bonds is 5. The molecule has 0 N–H and O–H groups in total. The molecule has 3 rings (SSSR count). The Morgan fingerprint density at radius 1 is 1.15 bits per heavy atom. The third-order valence-corrected chi connectivity index (χ3v) is 4.64. The third kappa shape index (κ3) is 3.48. The first kappa shape index (κ1) is 18.1. The Bertz CT molecular complexity index is 918. The van der Waals surface area contributed by atoms with Crippen molar-refractivity contribution in [2.24, 2.45) is 0 Å². The smallest absolute Gasteiger partial charge is 0.355 e. The highest BCUT2D eigenvalue weighted by Gasteiger charge is 2.25. The highest BCUT2D eigenvalue weighted by molar-refractivity contribution is 6.30. The highest BCUT2D eigenvalue weighted by Crippen LogP contribution is 2.34. The number of aromatic nitrogens is 3. The molecule has 0 bridgehead atoms. The van der Waals surface area contributed by atoms with Crippen LogP contribution in [0.4, 0.5) is 0 Å². The maximum atomic E-state index is 12.8. The minimum Gasteiger partial charge on any atom is -0.461 e. The van der Waals surface area contributed by atoms with Crippen molar-refractivity contribution in [3.63, 3.8) is 0 Å². The summed E-state index contributed by atoms with van der Waals surface area (Å²) in [5.74, 6) is -0.342. The first-order valence-corrected chi connectivity index (χ1v) is 8.77. The molecule has 0 atom stereocenters. The summed E-state index contributed by atoms with van der Waals surface area (Å²) < 4.78 is 7.31. The van der Waals surface area contributed by atoms with E-state index in [0.717, 1.165) is 27.9 Å². The molecule has 2 heterocycles. The lowest BCUT2D eigenvalue weighted by molar-refractivity contribution is 0.0515. The zero-order chi connectivity index (χ0) is 18.7. The Labute approximate surface area is 157 Å². The van der Waals surface area contributed by atoms with Gasteiger partial charge in [0.2, 0.25) is 0 Å². The summed E-state index contributed by atoms with van der Waals surface area (Å²) in [6.07, 6.45) is 4.99. The number of ether oxygens (including phenoxy) is 1. The van der Waals surface area contributed by atoms with Crippen LogP contribution in [-0.4, -0.2) is 27.1 Å². The van der Waals surface area contributed by atoms with E-state index < -0.39 is 0 Å². The van der Waals surface area contributed by atoms with E-state index in [1.165, 1.54) is 6.33 Å². The Balaban J connectivity index is 2.18. The SMILES string of the molecule is CCOC(=O)c1c(-c2ccc(Cl)cc2)c(C)c(C)n1Cc1cncnc1. The van der Waals surface area contributed by atoms with Crippen LogP contribution in [-0.2, 0) is 11.3 Å². The molecule has 0 spiro atoms. The third-order valence-electron chi connectivity index (χ3n) is 4.39. The molecule has 6 heteroatoms. The van der Waals surface area contributed by atoms with Crippen LogP contribution in [0.3, 0.4) is 0 Å². The molecule has 0 aliphatic carbocycles. The molecule has 0 fully saturated rings. The lowest BCUT2D eigenvalue weighted by atomic mass is 10.0. The average Bonchev–Trinajstić information content (AvgIpc) is 2.89. The second kappa shape index (κ2) is 7.70. The fraction of sp³-hybridized carbons (Fsp3) is 0.250. The Hall–Kier alpha value is -2.66. The van der Waals surface area contributed by atoms with Gasteiger partial charge in [-0.15, -0.1) is 0 Å². The molecule has 0 unspecified atom stereocenters. The number of hydrogen-bond acceptors (Lipinski definition) is 4. The van der Waals surface area contributed by atoms with Gasteiger partial charge in [0, 0.05) is 34.2 Å². The summed E-state index contributed by atoms with van der Waals surface area (Å²) in [5.41, 5.74) is 5.29. The van der Waals surface area contributed by atoms with Gasteiger partial charge in [-0.2, -0.15) is 0 Å². The fourth-order valence-corrected chi connectivity index (χ4v) is 3.16. The van der Waals surface area contributed by atoms with Crippen LogP contribution >= 0.6 is 11.6 Å². The molecule has 5 nitrogen and oxygen atoms in total. The van der Waals surface area contributed by atoms with Crippen molar-refractivity contribution < 1.29 is 9.53 Å². The Morgan fingerprint density at radius 2 is 1.81 bits per heavy atom. The molecule has 26 heavy (non-hydrogen) atoms. The minimum absolute atomic E-state index is 0.316. The monoisotopic (exact) mass is 369 g/mol. The van der Waals surface area contributed by atoms with Crippen LogP contribution in [0.5, 0.6) is 0 Å². The quantitative estimate of drug-likeness (QED) is 0.624. The molecular weight excluding hydrogens is 350 g/mol. The number of esters is 1. The fourth-order valence-electron chi connectivity index (χ4n) is 3.04. The Morgan fingerprint density at radius 3 is 2.42 bits per heavy atom. The molecule has 2 aromatic heterocycles. The van der Waals surface area contributed by atoms with Crippen LogP contribution in [0, 0.1) is 13.8 Å². The number of nitrogens with zero attached hydrogens (tertiary/aromatic N) is 3. The van der Waals surface area contributed by atoms with Crippen molar-refractivity contribution in [3.8, 4) is 11.1 Å². The van der Waals surface area contributed by atoms with E-state index in [1.807, 2.05) is 42.7 Å². The molecule has 0 radical (unpaired) electrons. The van der Waals surface area contributed by atoms with Crippen LogP contribution < -0.4 is 0 Å². The predicted molar refractivity (Wildman–Crippen MR) is 101 cm³/mol. The molecule has 0 amide bonds. The van der Waals surface area contributed by atoms with Crippen molar-refractivity contribution in [1.82, 2.24) is 14.5 Å². The van der Waals surface area contributed by atoms with Gasteiger partial charge in [-0.05, 0) is 44.0 Å². The van der Waals surface area contributed by atoms with Crippen molar-refractivity contribution in [2.45, 2.75) is 27.3 Å². The van der Waals surface area contributed by atoms with E-state index in [0.29, 0.717) is 23.9 Å². The van der Waals surface area contributed by atoms with Crippen LogP contribution in [0.25, 0.3) is 11.1 Å². The number of hydrogen-bond donors (Lipinski definition) is 0. The van der Waals surface area contributed by atoms with Gasteiger partial charge in [-0.1, -0.05) is 23.7 Å². The number of carbonyl (C=O) groups is 1. The van der Waals surface area contributed by atoms with Crippen molar-refractivity contribution in [3.05, 3.63) is 70.5 Å². The van der Waals surface area contributed by atoms with E-state index in [-0.39, 0.29) is 5.97 Å². The zero-order valence-electron chi connectivity index (χ0n) is 15.0. The number of benzene rings is 1. The van der Waals surface area contributed by atoms with Gasteiger partial charge in [0.25, 0.3) is 0 Å². The largest absolute Gasteiger partial charge is 0.461 e. The molecule has 3 aromatic rings. The lowest BCUT2D eigenvalue weighted by Crippen LogP contribution is -2.15. The summed E-state index contributed by atoms with van der Waals surface area (Å²) >= 11 is 6.02. The van der Waals surface area contributed by atoms with E-state index in [1.54, 1.807) is 19.3 Å². The standard InChI is InChI=1S/C20H20ClN3O2/c1-4-26-20(25)19-18(16-5-7-17(21)8-6-16)13(2)14(3)24(19)11-15-9-22-12-23-10-15/h5-10,12H,4,11H2,1-3H3. The van der Waals surface area contributed by atoms with Crippen LogP contribution in [0.15, 0.2) is 43.0 Å². The molecule has 0 aliphatic heterocycles. The van der Waals surface area contributed by atoms with Gasteiger partial charge in [-0.25, -0.2) is 14.8 Å². The molecule has 0 saturated heterocycles. The first-order valence-electron chi connectivity index (χ1n) is 8.39. The maximum absolute atomic E-state index is 12.8. The van der Waals surface area contributed by atoms with Crippen molar-refractivity contribution in [2.75, 3.05) is 6.61 Å². The number of halogens is 1. The topological polar surface area (TPSA) is 57.0 Å². The predicted octanol–water partition coefficient (Wildman–Crippen LogP) is 4.44. The summed E-state index contributed by atoms with van der Waals surface area (Å²) in [4.78, 5) is 20.9. The van der Waals surface area contributed by atoms with Gasteiger partial charge in [0.15, 0.2) is 0 Å². The molecule has 0 aliphatic rings. The zero-order valence-corrected chi connectivity index (χ0v) is 15.7. The summed E-state index contributed by atoms with van der Waals surface area (Å²) in [7, 11) is 0. The van der Waals surface area contributed by atoms with E-state index in [4.69, 9.17) is 16.3 Å². The summed E-state index contributed by atoms with van der Waals surface area (Å²) in [5, 5.41) is 0.654. The summed E-state index contributed by atoms with van der Waals surface area (Å²) in [6.45, 7) is 6.63. The lowest BCUT2D eigenvalue weighted by Gasteiger charge is -2.12. The molecule has 1 aromatic carbocycles. The van der Waals surface area contributed by atoms with Gasteiger partial charge in [0.05, 0.1) is 13.2 Å². The van der Waals surface area contributed by atoms with E-state index >= 15 is 0 Å². The normalized spacial score (nSPS) is 10.8. The van der Waals surface area contributed by atoms with Gasteiger partial charge < -0.3 is 9.30 Å². The minimum atomic E-state index is -0.342. The van der Waals surface area contributed by atoms with Gasteiger partial charge >= 0.3 is 5.97 Å². The van der Waals surface area contributed by atoms with Crippen molar-refractivity contribution >= 4 is 17.6 Å². The maximum Gasteiger partial charge on any atom is 0.355 e. The van der Waals surface area contributed by atoms with Gasteiger partial charge in [0.1, 0.15) is 12.0 Å². The molecule has 0 saturated carbocycles. The molecule has 134 valence electrons. The second-order valence-corrected chi connectivity index (χ2v) is 6.43. The van der Waals surface area contributed by atoms with E-state index in [2.05, 4.69) is 9.97 Å². The summed E-state index contributed by atoms with van der Waals surface area (Å²) in [6, 6.07) is 7.48. The second-order valence-electron chi connectivity index (χ2n) is 5.99. The first-order chi connectivity index (χ1) is 12.5. The van der Waals surface area contributed by atoms with Crippen molar-refractivity contribution in [1.29, 1.82) is 0 Å². The highest BCUT2D eigenvalue weighted by atomic mass is 35.5. The number of carbonyl (C=O) groups excluding carboxylic acids is 1.